The fourth-order valence-electron chi connectivity index (χ4n) is 3.26. The molecule has 1 fully saturated rings. The van der Waals surface area contributed by atoms with Crippen molar-refractivity contribution in [2.45, 2.75) is 26.8 Å². The molecule has 1 aromatic carbocycles. The number of halogens is 1. The molecular weight excluding hydrogens is 366 g/mol. The first kappa shape index (κ1) is 21.0. The maximum Gasteiger partial charge on any atom is 0.257 e. The van der Waals surface area contributed by atoms with Gasteiger partial charge in [0.2, 0.25) is 5.91 Å². The van der Waals surface area contributed by atoms with Crippen molar-refractivity contribution in [2.24, 2.45) is 5.73 Å². The first-order valence-electron chi connectivity index (χ1n) is 8.84. The molecular formula is C20H26ClN3O3. The van der Waals surface area contributed by atoms with Crippen molar-refractivity contribution >= 4 is 24.2 Å². The summed E-state index contributed by atoms with van der Waals surface area (Å²) < 4.78 is 5.45. The Bertz CT molecular complexity index is 808. The highest BCUT2D eigenvalue weighted by molar-refractivity contribution is 5.95. The van der Waals surface area contributed by atoms with E-state index < -0.39 is 6.04 Å². The molecule has 7 heteroatoms. The van der Waals surface area contributed by atoms with E-state index in [9.17, 15) is 9.59 Å². The van der Waals surface area contributed by atoms with Gasteiger partial charge in [-0.05, 0) is 32.4 Å². The number of rotatable bonds is 3. The predicted octanol–water partition coefficient (Wildman–Crippen LogP) is 2.61. The van der Waals surface area contributed by atoms with Gasteiger partial charge in [-0.3, -0.25) is 9.59 Å². The second-order valence-electron chi connectivity index (χ2n) is 6.83. The van der Waals surface area contributed by atoms with Gasteiger partial charge in [0.05, 0.1) is 5.56 Å². The fraction of sp³-hybridized carbons (Fsp3) is 0.400. The van der Waals surface area contributed by atoms with Crippen LogP contribution < -0.4 is 5.73 Å². The monoisotopic (exact) mass is 391 g/mol. The van der Waals surface area contributed by atoms with E-state index >= 15 is 0 Å². The van der Waals surface area contributed by atoms with Crippen molar-refractivity contribution in [3.05, 3.63) is 58.5 Å². The molecule has 2 aromatic rings. The summed E-state index contributed by atoms with van der Waals surface area (Å²) in [5, 5.41) is 0. The van der Waals surface area contributed by atoms with Crippen LogP contribution in [0.1, 0.15) is 39.0 Å². The number of amides is 2. The number of carbonyl (C=O) groups is 2. The van der Waals surface area contributed by atoms with E-state index in [1.54, 1.807) is 22.8 Å². The summed E-state index contributed by atoms with van der Waals surface area (Å²) in [6, 6.07) is 8.78. The van der Waals surface area contributed by atoms with Gasteiger partial charge in [-0.1, -0.05) is 29.8 Å². The molecule has 0 spiro atoms. The summed E-state index contributed by atoms with van der Waals surface area (Å²) in [7, 11) is 0. The molecule has 0 radical (unpaired) electrons. The topological polar surface area (TPSA) is 79.8 Å². The van der Waals surface area contributed by atoms with Crippen LogP contribution in [0.3, 0.4) is 0 Å². The third-order valence-corrected chi connectivity index (χ3v) is 4.85. The normalized spacial score (nSPS) is 15.3. The minimum Gasteiger partial charge on any atom is -0.466 e. The van der Waals surface area contributed by atoms with Gasteiger partial charge in [-0.2, -0.15) is 0 Å². The van der Waals surface area contributed by atoms with Crippen molar-refractivity contribution in [3.8, 4) is 0 Å². The Kier molecular flexibility index (Phi) is 6.68. The van der Waals surface area contributed by atoms with Crippen molar-refractivity contribution in [2.75, 3.05) is 26.2 Å². The smallest absolute Gasteiger partial charge is 0.257 e. The number of nitrogens with zero attached hydrogens (tertiary/aromatic N) is 2. The molecule has 1 unspecified atom stereocenters. The number of hydrogen-bond acceptors (Lipinski definition) is 4. The van der Waals surface area contributed by atoms with Crippen LogP contribution in [0.15, 0.2) is 34.7 Å². The van der Waals surface area contributed by atoms with Gasteiger partial charge in [-0.15, -0.1) is 12.4 Å². The number of nitrogens with two attached hydrogens (primary N) is 1. The van der Waals surface area contributed by atoms with Gasteiger partial charge >= 0.3 is 0 Å². The standard InChI is InChI=1S/C20H25N3O3.ClH/c1-13-4-6-16(7-5-13)18(21)20(25)23-10-8-22(9-11-23)19(24)17-12-14(2)26-15(17)3;/h4-7,12,18H,8-11,21H2,1-3H3;1H. The van der Waals surface area contributed by atoms with Crippen molar-refractivity contribution in [1.29, 1.82) is 0 Å². The Labute approximate surface area is 165 Å². The zero-order chi connectivity index (χ0) is 18.8. The van der Waals surface area contributed by atoms with E-state index in [0.29, 0.717) is 37.5 Å². The third-order valence-electron chi connectivity index (χ3n) is 4.85. The van der Waals surface area contributed by atoms with Crippen LogP contribution in [-0.2, 0) is 4.79 Å². The lowest BCUT2D eigenvalue weighted by molar-refractivity contribution is -0.134. The number of carbonyl (C=O) groups excluding carboxylic acids is 2. The molecule has 2 N–H and O–H groups in total. The van der Waals surface area contributed by atoms with Gasteiger partial charge in [0.1, 0.15) is 17.6 Å². The van der Waals surface area contributed by atoms with Crippen LogP contribution in [0.5, 0.6) is 0 Å². The van der Waals surface area contributed by atoms with E-state index in [4.69, 9.17) is 10.2 Å². The van der Waals surface area contributed by atoms with E-state index in [1.807, 2.05) is 38.1 Å². The first-order valence-corrected chi connectivity index (χ1v) is 8.84. The lowest BCUT2D eigenvalue weighted by atomic mass is 10.0. The molecule has 27 heavy (non-hydrogen) atoms. The minimum atomic E-state index is -0.670. The highest BCUT2D eigenvalue weighted by Gasteiger charge is 2.29. The SMILES string of the molecule is Cc1ccc(C(N)C(=O)N2CCN(C(=O)c3cc(C)oc3C)CC2)cc1.Cl. The summed E-state index contributed by atoms with van der Waals surface area (Å²) in [5.41, 5.74) is 8.68. The summed E-state index contributed by atoms with van der Waals surface area (Å²) >= 11 is 0. The molecule has 1 saturated heterocycles. The van der Waals surface area contributed by atoms with Gasteiger partial charge in [-0.25, -0.2) is 0 Å². The molecule has 1 aromatic heterocycles. The van der Waals surface area contributed by atoms with Gasteiger partial charge in [0, 0.05) is 26.2 Å². The number of aryl methyl sites for hydroxylation is 3. The van der Waals surface area contributed by atoms with Gasteiger partial charge in [0.15, 0.2) is 0 Å². The lowest BCUT2D eigenvalue weighted by Gasteiger charge is -2.36. The molecule has 1 atom stereocenters. The van der Waals surface area contributed by atoms with E-state index in [1.165, 1.54) is 0 Å². The summed E-state index contributed by atoms with van der Waals surface area (Å²) in [6.07, 6.45) is 0. The van der Waals surface area contributed by atoms with Crippen LogP contribution in [0.2, 0.25) is 0 Å². The quantitative estimate of drug-likeness (QED) is 0.872. The van der Waals surface area contributed by atoms with Crippen LogP contribution in [0.4, 0.5) is 0 Å². The number of hydrogen-bond donors (Lipinski definition) is 1. The zero-order valence-electron chi connectivity index (χ0n) is 15.9. The molecule has 0 aliphatic carbocycles. The number of furan rings is 1. The molecule has 1 aliphatic rings. The predicted molar refractivity (Wildman–Crippen MR) is 106 cm³/mol. The average molecular weight is 392 g/mol. The van der Waals surface area contributed by atoms with Crippen molar-refractivity contribution in [3.63, 3.8) is 0 Å². The van der Waals surface area contributed by atoms with E-state index in [0.717, 1.165) is 16.9 Å². The Morgan fingerprint density at radius 2 is 1.56 bits per heavy atom. The summed E-state index contributed by atoms with van der Waals surface area (Å²) in [5.74, 6) is 1.21. The van der Waals surface area contributed by atoms with Crippen molar-refractivity contribution in [1.82, 2.24) is 9.80 Å². The fourth-order valence-corrected chi connectivity index (χ4v) is 3.26. The molecule has 0 bridgehead atoms. The number of piperazine rings is 1. The maximum atomic E-state index is 12.7. The maximum absolute atomic E-state index is 12.7. The Balaban J connectivity index is 0.00000261. The van der Waals surface area contributed by atoms with E-state index in [2.05, 4.69) is 0 Å². The molecule has 146 valence electrons. The third kappa shape index (κ3) is 4.51. The average Bonchev–Trinajstić information content (AvgIpc) is 2.99. The van der Waals surface area contributed by atoms with Crippen LogP contribution >= 0.6 is 12.4 Å². The summed E-state index contributed by atoms with van der Waals surface area (Å²) in [4.78, 5) is 28.8. The molecule has 0 saturated carbocycles. The van der Waals surface area contributed by atoms with Crippen LogP contribution in [0.25, 0.3) is 0 Å². The van der Waals surface area contributed by atoms with Gasteiger partial charge in [0.25, 0.3) is 5.91 Å². The Morgan fingerprint density at radius 1 is 1.00 bits per heavy atom. The number of benzene rings is 1. The molecule has 6 nitrogen and oxygen atoms in total. The molecule has 2 heterocycles. The Morgan fingerprint density at radius 3 is 2.07 bits per heavy atom. The van der Waals surface area contributed by atoms with Gasteiger partial charge < -0.3 is 20.0 Å². The van der Waals surface area contributed by atoms with E-state index in [-0.39, 0.29) is 24.2 Å². The van der Waals surface area contributed by atoms with Crippen LogP contribution in [-0.4, -0.2) is 47.8 Å². The van der Waals surface area contributed by atoms with Crippen LogP contribution in [0, 0.1) is 20.8 Å². The molecule has 2 amide bonds. The second kappa shape index (κ2) is 8.59. The second-order valence-corrected chi connectivity index (χ2v) is 6.83. The summed E-state index contributed by atoms with van der Waals surface area (Å²) in [6.45, 7) is 7.58. The Hall–Kier alpha value is -2.31. The lowest BCUT2D eigenvalue weighted by Crippen LogP contribution is -2.52. The molecule has 1 aliphatic heterocycles. The first-order chi connectivity index (χ1) is 12.4. The van der Waals surface area contributed by atoms with Crippen molar-refractivity contribution < 1.29 is 14.0 Å². The molecule has 3 rings (SSSR count). The highest BCUT2D eigenvalue weighted by atomic mass is 35.5. The minimum absolute atomic E-state index is 0. The zero-order valence-corrected chi connectivity index (χ0v) is 16.7. The largest absolute Gasteiger partial charge is 0.466 e. The highest BCUT2D eigenvalue weighted by Crippen LogP contribution is 2.19.